The van der Waals surface area contributed by atoms with E-state index in [1.54, 1.807) is 36.9 Å². The Kier molecular flexibility index (Phi) is 7.27. The standard InChI is InChI=1S/C30H28BO4S/c1-16(2)36-26-15-21(12-11-18(26)4)28-19(5)27(32)24-14-17(3)13-23(29(24)35-28)20(6)31-25-10-8-7-9-22(25)30(33)34/h7-15,20H,1H2,2-6H3,(H,33,34). The average molecular weight is 495 g/mol. The number of hydrogen-bond donors (Lipinski definition) is 1. The summed E-state index contributed by atoms with van der Waals surface area (Å²) in [5.74, 6) is -0.631. The number of carbonyl (C=O) groups is 1. The molecule has 0 bridgehead atoms. The first-order valence-corrected chi connectivity index (χ1v) is 12.6. The van der Waals surface area contributed by atoms with Gasteiger partial charge in [0.25, 0.3) is 0 Å². The van der Waals surface area contributed by atoms with E-state index in [0.717, 1.165) is 32.1 Å². The van der Waals surface area contributed by atoms with Crippen molar-refractivity contribution in [1.82, 2.24) is 0 Å². The summed E-state index contributed by atoms with van der Waals surface area (Å²) < 4.78 is 6.51. The van der Waals surface area contributed by atoms with E-state index >= 15 is 0 Å². The molecule has 6 heteroatoms. The molecule has 4 rings (SSSR count). The van der Waals surface area contributed by atoms with Gasteiger partial charge in [-0.1, -0.05) is 67.1 Å². The summed E-state index contributed by atoms with van der Waals surface area (Å²) in [5, 5.41) is 10.1. The summed E-state index contributed by atoms with van der Waals surface area (Å²) in [4.78, 5) is 27.3. The predicted molar refractivity (Wildman–Crippen MR) is 150 cm³/mol. The highest BCUT2D eigenvalue weighted by Gasteiger charge is 2.21. The van der Waals surface area contributed by atoms with Crippen LogP contribution in [0.4, 0.5) is 0 Å². The minimum Gasteiger partial charge on any atom is -0.478 e. The van der Waals surface area contributed by atoms with Crippen LogP contribution in [-0.4, -0.2) is 18.4 Å². The van der Waals surface area contributed by atoms with Crippen LogP contribution in [0.2, 0.25) is 0 Å². The largest absolute Gasteiger partial charge is 0.478 e. The Hall–Kier alpha value is -3.51. The molecule has 1 atom stereocenters. The second kappa shape index (κ2) is 10.2. The van der Waals surface area contributed by atoms with Crippen LogP contribution in [0.1, 0.15) is 52.3 Å². The van der Waals surface area contributed by atoms with Gasteiger partial charge in [0.2, 0.25) is 0 Å². The normalized spacial score (nSPS) is 11.9. The zero-order valence-electron chi connectivity index (χ0n) is 21.1. The van der Waals surface area contributed by atoms with Gasteiger partial charge >= 0.3 is 5.97 Å². The maximum absolute atomic E-state index is 13.5. The van der Waals surface area contributed by atoms with E-state index in [1.165, 1.54) is 0 Å². The van der Waals surface area contributed by atoms with E-state index in [0.29, 0.717) is 27.8 Å². The fourth-order valence-electron chi connectivity index (χ4n) is 4.42. The van der Waals surface area contributed by atoms with Crippen LogP contribution in [0, 0.1) is 20.8 Å². The van der Waals surface area contributed by atoms with E-state index in [-0.39, 0.29) is 16.8 Å². The molecule has 4 aromatic rings. The number of aryl methyl sites for hydroxylation is 2. The zero-order chi connectivity index (χ0) is 26.1. The summed E-state index contributed by atoms with van der Waals surface area (Å²) in [6.45, 7) is 13.8. The van der Waals surface area contributed by atoms with Crippen molar-refractivity contribution in [3.63, 3.8) is 0 Å². The van der Waals surface area contributed by atoms with Gasteiger partial charge in [0.1, 0.15) is 11.3 Å². The molecule has 3 aromatic carbocycles. The van der Waals surface area contributed by atoms with Crippen molar-refractivity contribution in [3.8, 4) is 11.3 Å². The van der Waals surface area contributed by atoms with Crippen molar-refractivity contribution in [2.75, 3.05) is 0 Å². The molecule has 1 unspecified atom stereocenters. The van der Waals surface area contributed by atoms with Gasteiger partial charge in [0.15, 0.2) is 12.7 Å². The molecule has 0 spiro atoms. The van der Waals surface area contributed by atoms with Crippen LogP contribution in [0.3, 0.4) is 0 Å². The second-order valence-electron chi connectivity index (χ2n) is 9.25. The molecular formula is C30H28BO4S. The lowest BCUT2D eigenvalue weighted by Gasteiger charge is -2.17. The zero-order valence-corrected chi connectivity index (χ0v) is 22.0. The minimum atomic E-state index is -0.976. The summed E-state index contributed by atoms with van der Waals surface area (Å²) in [6, 6.07) is 16.8. The Bertz CT molecular complexity index is 1570. The molecule has 1 heterocycles. The van der Waals surface area contributed by atoms with Crippen molar-refractivity contribution in [2.24, 2.45) is 0 Å². The van der Waals surface area contributed by atoms with Gasteiger partial charge in [-0.2, -0.15) is 0 Å². The van der Waals surface area contributed by atoms with E-state index in [2.05, 4.69) is 6.58 Å². The van der Waals surface area contributed by atoms with Crippen LogP contribution in [0.5, 0.6) is 0 Å². The number of aromatic carboxylic acids is 1. The van der Waals surface area contributed by atoms with Crippen LogP contribution >= 0.6 is 11.8 Å². The molecule has 36 heavy (non-hydrogen) atoms. The lowest BCUT2D eigenvalue weighted by Crippen LogP contribution is -2.26. The van der Waals surface area contributed by atoms with Gasteiger partial charge in [-0.25, -0.2) is 4.79 Å². The van der Waals surface area contributed by atoms with Crippen molar-refractivity contribution in [2.45, 2.75) is 45.3 Å². The molecule has 0 fully saturated rings. The third-order valence-corrected chi connectivity index (χ3v) is 7.25. The smallest absolute Gasteiger partial charge is 0.335 e. The summed E-state index contributed by atoms with van der Waals surface area (Å²) in [7, 11) is 1.91. The summed E-state index contributed by atoms with van der Waals surface area (Å²) >= 11 is 1.60. The predicted octanol–water partition coefficient (Wildman–Crippen LogP) is 6.80. The molecule has 1 N–H and O–H groups in total. The molecule has 0 aliphatic heterocycles. The number of benzene rings is 3. The Morgan fingerprint density at radius 3 is 2.50 bits per heavy atom. The molecule has 0 aliphatic carbocycles. The summed E-state index contributed by atoms with van der Waals surface area (Å²) in [6.07, 6.45) is 0. The van der Waals surface area contributed by atoms with Crippen LogP contribution in [0.25, 0.3) is 22.3 Å². The van der Waals surface area contributed by atoms with Gasteiger partial charge < -0.3 is 9.52 Å². The van der Waals surface area contributed by atoms with Gasteiger partial charge in [-0.3, -0.25) is 4.79 Å². The Balaban J connectivity index is 1.89. The van der Waals surface area contributed by atoms with E-state index < -0.39 is 5.97 Å². The first kappa shape index (κ1) is 25.6. The number of thioether (sulfide) groups is 1. The minimum absolute atomic E-state index is 0.0657. The fourth-order valence-corrected chi connectivity index (χ4v) is 5.21. The first-order chi connectivity index (χ1) is 17.1. The monoisotopic (exact) mass is 495 g/mol. The lowest BCUT2D eigenvalue weighted by atomic mass is 9.56. The SMILES string of the molecule is C=C(C)Sc1cc(-c2oc3c(C(C)[B]c4ccccc4C(=O)O)cc(C)cc3c(=O)c2C)ccc1C. The van der Waals surface area contributed by atoms with Crippen molar-refractivity contribution in [1.29, 1.82) is 0 Å². The molecule has 0 amide bonds. The molecule has 0 saturated heterocycles. The summed E-state index contributed by atoms with van der Waals surface area (Å²) in [5.41, 5.74) is 5.63. The third kappa shape index (κ3) is 5.05. The molecule has 4 nitrogen and oxygen atoms in total. The van der Waals surface area contributed by atoms with Gasteiger partial charge in [0.05, 0.1) is 10.9 Å². The van der Waals surface area contributed by atoms with Crippen LogP contribution in [0.15, 0.2) is 80.2 Å². The number of allylic oxidation sites excluding steroid dienone is 1. The molecule has 181 valence electrons. The van der Waals surface area contributed by atoms with Gasteiger partial charge in [-0.15, -0.1) is 0 Å². The highest BCUT2D eigenvalue weighted by molar-refractivity contribution is 8.03. The van der Waals surface area contributed by atoms with Crippen LogP contribution < -0.4 is 10.9 Å². The number of rotatable bonds is 7. The Morgan fingerprint density at radius 1 is 1.08 bits per heavy atom. The maximum atomic E-state index is 13.5. The quantitative estimate of drug-likeness (QED) is 0.226. The molecule has 1 aromatic heterocycles. The first-order valence-electron chi connectivity index (χ1n) is 11.8. The molecule has 1 radical (unpaired) electrons. The Morgan fingerprint density at radius 2 is 1.81 bits per heavy atom. The van der Waals surface area contributed by atoms with Crippen LogP contribution in [-0.2, 0) is 0 Å². The lowest BCUT2D eigenvalue weighted by molar-refractivity contribution is 0.0698. The van der Waals surface area contributed by atoms with Crippen molar-refractivity contribution in [3.05, 3.63) is 104 Å². The number of hydrogen-bond acceptors (Lipinski definition) is 4. The third-order valence-electron chi connectivity index (χ3n) is 6.24. The van der Waals surface area contributed by atoms with Crippen molar-refractivity contribution < 1.29 is 14.3 Å². The van der Waals surface area contributed by atoms with E-state index in [4.69, 9.17) is 4.42 Å². The van der Waals surface area contributed by atoms with E-state index in [9.17, 15) is 14.7 Å². The fraction of sp³-hybridized carbons (Fsp3) is 0.200. The number of fused-ring (bicyclic) bond motifs is 1. The van der Waals surface area contributed by atoms with Gasteiger partial charge in [-0.05, 0) is 73.3 Å². The molecular weight excluding hydrogens is 467 g/mol. The van der Waals surface area contributed by atoms with Gasteiger partial charge in [0, 0.05) is 16.0 Å². The Labute approximate surface area is 216 Å². The topological polar surface area (TPSA) is 67.5 Å². The van der Waals surface area contributed by atoms with E-state index in [1.807, 2.05) is 71.4 Å². The second-order valence-corrected chi connectivity index (χ2v) is 10.6. The maximum Gasteiger partial charge on any atom is 0.335 e. The van der Waals surface area contributed by atoms with Crippen molar-refractivity contribution >= 4 is 41.4 Å². The molecule has 0 aliphatic rings. The highest BCUT2D eigenvalue weighted by Crippen LogP contribution is 2.35. The average Bonchev–Trinajstić information content (AvgIpc) is 2.82. The number of carboxylic acids is 1. The molecule has 0 saturated carbocycles. The number of carboxylic acid groups (broad SMARTS) is 1. The highest BCUT2D eigenvalue weighted by atomic mass is 32.2.